The minimum atomic E-state index is 0.557. The molecule has 4 nitrogen and oxygen atoms in total. The van der Waals surface area contributed by atoms with Gasteiger partial charge in [0.15, 0.2) is 5.76 Å². The molecule has 0 atom stereocenters. The zero-order valence-corrected chi connectivity index (χ0v) is 9.00. The summed E-state index contributed by atoms with van der Waals surface area (Å²) in [7, 11) is 0. The molecule has 0 aliphatic rings. The number of nitrogens with zero attached hydrogens (tertiary/aromatic N) is 1. The summed E-state index contributed by atoms with van der Waals surface area (Å²) >= 11 is 0. The van der Waals surface area contributed by atoms with Crippen molar-refractivity contribution in [3.63, 3.8) is 0 Å². The molecular formula is C11H15N3O. The molecular weight excluding hydrogens is 190 g/mol. The van der Waals surface area contributed by atoms with Crippen LogP contribution >= 0.6 is 0 Å². The first-order valence-corrected chi connectivity index (χ1v) is 5.18. The van der Waals surface area contributed by atoms with E-state index in [2.05, 4.69) is 17.1 Å². The molecule has 4 heteroatoms. The average molecular weight is 205 g/mol. The lowest BCUT2D eigenvalue weighted by atomic mass is 10.1. The van der Waals surface area contributed by atoms with Crippen LogP contribution in [-0.4, -0.2) is 10.2 Å². The van der Waals surface area contributed by atoms with Crippen molar-refractivity contribution in [2.24, 2.45) is 0 Å². The van der Waals surface area contributed by atoms with Crippen molar-refractivity contribution in [3.05, 3.63) is 23.5 Å². The lowest BCUT2D eigenvalue weighted by Gasteiger charge is -1.97. The van der Waals surface area contributed by atoms with E-state index in [0.29, 0.717) is 5.82 Å². The second kappa shape index (κ2) is 3.81. The van der Waals surface area contributed by atoms with Gasteiger partial charge >= 0.3 is 0 Å². The summed E-state index contributed by atoms with van der Waals surface area (Å²) in [5.41, 5.74) is 7.66. The van der Waals surface area contributed by atoms with Gasteiger partial charge in [-0.05, 0) is 18.6 Å². The molecule has 2 heterocycles. The molecule has 80 valence electrons. The largest absolute Gasteiger partial charge is 0.459 e. The predicted molar refractivity (Wildman–Crippen MR) is 59.5 cm³/mol. The maximum Gasteiger partial charge on any atom is 0.152 e. The SMILES string of the molecule is CCc1ccc(-c2[nH]nc(N)c2CC)o1. The summed E-state index contributed by atoms with van der Waals surface area (Å²) in [6.07, 6.45) is 1.74. The lowest BCUT2D eigenvalue weighted by molar-refractivity contribution is 0.527. The highest BCUT2D eigenvalue weighted by molar-refractivity contribution is 5.63. The number of hydrogen-bond acceptors (Lipinski definition) is 3. The van der Waals surface area contributed by atoms with Gasteiger partial charge in [-0.1, -0.05) is 13.8 Å². The molecule has 0 aliphatic carbocycles. The van der Waals surface area contributed by atoms with E-state index in [4.69, 9.17) is 10.2 Å². The normalized spacial score (nSPS) is 10.8. The minimum absolute atomic E-state index is 0.557. The fourth-order valence-corrected chi connectivity index (χ4v) is 1.64. The van der Waals surface area contributed by atoms with Crippen LogP contribution < -0.4 is 5.73 Å². The fraction of sp³-hybridized carbons (Fsp3) is 0.364. The number of nitrogens with two attached hydrogens (primary N) is 1. The molecule has 0 saturated heterocycles. The molecule has 0 amide bonds. The number of H-pyrrole nitrogens is 1. The van der Waals surface area contributed by atoms with Crippen molar-refractivity contribution in [1.82, 2.24) is 10.2 Å². The van der Waals surface area contributed by atoms with Gasteiger partial charge < -0.3 is 10.2 Å². The third-order valence-corrected chi connectivity index (χ3v) is 2.51. The van der Waals surface area contributed by atoms with Crippen LogP contribution in [0.15, 0.2) is 16.5 Å². The van der Waals surface area contributed by atoms with Crippen molar-refractivity contribution < 1.29 is 4.42 Å². The third kappa shape index (κ3) is 1.63. The Morgan fingerprint density at radius 1 is 1.33 bits per heavy atom. The predicted octanol–water partition coefficient (Wildman–Crippen LogP) is 2.38. The summed E-state index contributed by atoms with van der Waals surface area (Å²) in [4.78, 5) is 0. The van der Waals surface area contributed by atoms with Crippen molar-refractivity contribution in [3.8, 4) is 11.5 Å². The fourth-order valence-electron chi connectivity index (χ4n) is 1.64. The van der Waals surface area contributed by atoms with Crippen LogP contribution in [0.3, 0.4) is 0 Å². The van der Waals surface area contributed by atoms with Gasteiger partial charge in [-0.2, -0.15) is 5.10 Å². The number of nitrogen functional groups attached to an aromatic ring is 1. The lowest BCUT2D eigenvalue weighted by Crippen LogP contribution is -1.90. The maximum absolute atomic E-state index is 5.74. The number of aromatic nitrogens is 2. The first-order chi connectivity index (χ1) is 7.26. The Labute approximate surface area is 88.5 Å². The van der Waals surface area contributed by atoms with Gasteiger partial charge in [-0.25, -0.2) is 0 Å². The average Bonchev–Trinajstić information content (AvgIpc) is 2.83. The van der Waals surface area contributed by atoms with Gasteiger partial charge in [0.1, 0.15) is 17.3 Å². The Hall–Kier alpha value is -1.71. The maximum atomic E-state index is 5.74. The van der Waals surface area contributed by atoms with Crippen LogP contribution in [0.2, 0.25) is 0 Å². The molecule has 2 rings (SSSR count). The number of rotatable bonds is 3. The summed E-state index contributed by atoms with van der Waals surface area (Å²) in [5.74, 6) is 2.34. The molecule has 2 aromatic heterocycles. The minimum Gasteiger partial charge on any atom is -0.459 e. The molecule has 0 saturated carbocycles. The number of nitrogens with one attached hydrogen (secondary N) is 1. The van der Waals surface area contributed by atoms with Gasteiger partial charge in [0.2, 0.25) is 0 Å². The van der Waals surface area contributed by atoms with E-state index in [0.717, 1.165) is 35.6 Å². The Bertz CT molecular complexity index is 456. The second-order valence-electron chi connectivity index (χ2n) is 3.44. The van der Waals surface area contributed by atoms with Crippen molar-refractivity contribution >= 4 is 5.82 Å². The van der Waals surface area contributed by atoms with E-state index in [1.807, 2.05) is 19.1 Å². The monoisotopic (exact) mass is 205 g/mol. The van der Waals surface area contributed by atoms with E-state index in [1.165, 1.54) is 0 Å². The number of anilines is 1. The molecule has 15 heavy (non-hydrogen) atoms. The van der Waals surface area contributed by atoms with Crippen LogP contribution in [-0.2, 0) is 12.8 Å². The van der Waals surface area contributed by atoms with E-state index in [-0.39, 0.29) is 0 Å². The molecule has 0 aromatic carbocycles. The van der Waals surface area contributed by atoms with Crippen LogP contribution in [0.25, 0.3) is 11.5 Å². The van der Waals surface area contributed by atoms with Crippen LogP contribution in [0.4, 0.5) is 5.82 Å². The van der Waals surface area contributed by atoms with Gasteiger partial charge in [0.25, 0.3) is 0 Å². The van der Waals surface area contributed by atoms with Gasteiger partial charge in [-0.3, -0.25) is 5.10 Å². The third-order valence-electron chi connectivity index (χ3n) is 2.51. The van der Waals surface area contributed by atoms with Crippen molar-refractivity contribution in [1.29, 1.82) is 0 Å². The molecule has 2 aromatic rings. The summed E-state index contributed by atoms with van der Waals surface area (Å²) in [6, 6.07) is 3.93. The molecule has 0 spiro atoms. The van der Waals surface area contributed by atoms with Crippen LogP contribution in [0.1, 0.15) is 25.2 Å². The first kappa shape index (κ1) is 9.83. The van der Waals surface area contributed by atoms with Crippen LogP contribution in [0, 0.1) is 0 Å². The summed E-state index contributed by atoms with van der Waals surface area (Å²) in [5, 5.41) is 6.90. The standard InChI is InChI=1S/C11H15N3O/c1-3-7-5-6-9(15-7)10-8(4-2)11(12)14-13-10/h5-6H,3-4H2,1-2H3,(H3,12,13,14). The van der Waals surface area contributed by atoms with Gasteiger partial charge in [0, 0.05) is 12.0 Å². The zero-order valence-electron chi connectivity index (χ0n) is 9.00. The van der Waals surface area contributed by atoms with E-state index >= 15 is 0 Å². The molecule has 0 bridgehead atoms. The molecule has 0 aliphatic heterocycles. The highest BCUT2D eigenvalue weighted by Gasteiger charge is 2.13. The highest BCUT2D eigenvalue weighted by Crippen LogP contribution is 2.27. The highest BCUT2D eigenvalue weighted by atomic mass is 16.3. The summed E-state index contributed by atoms with van der Waals surface area (Å²) < 4.78 is 5.65. The second-order valence-corrected chi connectivity index (χ2v) is 3.44. The van der Waals surface area contributed by atoms with Gasteiger partial charge in [-0.15, -0.1) is 0 Å². The Kier molecular flexibility index (Phi) is 2.49. The van der Waals surface area contributed by atoms with Crippen LogP contribution in [0.5, 0.6) is 0 Å². The van der Waals surface area contributed by atoms with E-state index in [9.17, 15) is 0 Å². The van der Waals surface area contributed by atoms with Crippen molar-refractivity contribution in [2.45, 2.75) is 26.7 Å². The Balaban J connectivity index is 2.44. The molecule has 3 N–H and O–H groups in total. The number of aryl methyl sites for hydroxylation is 1. The molecule has 0 fully saturated rings. The molecule has 0 unspecified atom stereocenters. The number of hydrogen-bond donors (Lipinski definition) is 2. The van der Waals surface area contributed by atoms with E-state index < -0.39 is 0 Å². The topological polar surface area (TPSA) is 67.8 Å². The quantitative estimate of drug-likeness (QED) is 0.808. The summed E-state index contributed by atoms with van der Waals surface area (Å²) in [6.45, 7) is 4.11. The van der Waals surface area contributed by atoms with Crippen molar-refractivity contribution in [2.75, 3.05) is 5.73 Å². The smallest absolute Gasteiger partial charge is 0.152 e. The van der Waals surface area contributed by atoms with E-state index in [1.54, 1.807) is 0 Å². The Morgan fingerprint density at radius 2 is 2.13 bits per heavy atom. The zero-order chi connectivity index (χ0) is 10.8. The molecule has 0 radical (unpaired) electrons. The number of aromatic amines is 1. The van der Waals surface area contributed by atoms with Gasteiger partial charge in [0.05, 0.1) is 0 Å². The number of furan rings is 1. The Morgan fingerprint density at radius 3 is 2.73 bits per heavy atom. The first-order valence-electron chi connectivity index (χ1n) is 5.18.